The highest BCUT2D eigenvalue weighted by molar-refractivity contribution is 7.60. The zero-order valence-corrected chi connectivity index (χ0v) is 21.2. The first-order valence-corrected chi connectivity index (χ1v) is 12.6. The van der Waals surface area contributed by atoms with Crippen molar-refractivity contribution >= 4 is 35.7 Å². The van der Waals surface area contributed by atoms with Gasteiger partial charge in [0.1, 0.15) is 0 Å². The van der Waals surface area contributed by atoms with Crippen LogP contribution in [-0.4, -0.2) is 61.1 Å². The highest BCUT2D eigenvalue weighted by Crippen LogP contribution is 2.34. The second kappa shape index (κ2) is 12.5. The van der Waals surface area contributed by atoms with E-state index in [2.05, 4.69) is 25.3 Å². The molecule has 0 unspecified atom stereocenters. The van der Waals surface area contributed by atoms with Crippen LogP contribution in [0.1, 0.15) is 39.0 Å². The number of oxime groups is 2. The Balaban J connectivity index is 2.57. The molecular weight excluding hydrogens is 469 g/mol. The van der Waals surface area contributed by atoms with Gasteiger partial charge in [-0.2, -0.15) is 0 Å². The van der Waals surface area contributed by atoms with Gasteiger partial charge in [0, 0.05) is 30.4 Å². The summed E-state index contributed by atoms with van der Waals surface area (Å²) in [4.78, 5) is 32.8. The SMILES string of the molecule is CC(=NCC(CN=C(C)/C(C)=N/O)(Cc1ccc(P(=O)(O)O)cc1)Cc1ccccn1)/C(C)=N/O. The van der Waals surface area contributed by atoms with E-state index in [0.29, 0.717) is 48.8 Å². The molecule has 0 saturated carbocycles. The van der Waals surface area contributed by atoms with Crippen molar-refractivity contribution in [3.05, 3.63) is 59.9 Å². The Morgan fingerprint density at radius 1 is 0.829 bits per heavy atom. The first-order chi connectivity index (χ1) is 16.5. The van der Waals surface area contributed by atoms with Gasteiger partial charge in [-0.15, -0.1) is 0 Å². The monoisotopic (exact) mass is 501 g/mol. The summed E-state index contributed by atoms with van der Waals surface area (Å²) in [6, 6.07) is 11.9. The molecule has 0 aliphatic heterocycles. The van der Waals surface area contributed by atoms with E-state index in [4.69, 9.17) is 10.4 Å². The largest absolute Gasteiger partial charge is 0.411 e. The van der Waals surface area contributed by atoms with Crippen LogP contribution in [0.4, 0.5) is 0 Å². The molecule has 0 radical (unpaired) electrons. The van der Waals surface area contributed by atoms with Crippen LogP contribution in [-0.2, 0) is 17.4 Å². The first-order valence-electron chi connectivity index (χ1n) is 10.9. The van der Waals surface area contributed by atoms with Gasteiger partial charge in [0.25, 0.3) is 0 Å². The molecule has 0 saturated heterocycles. The van der Waals surface area contributed by atoms with E-state index in [9.17, 15) is 14.4 Å². The Kier molecular flexibility index (Phi) is 10.0. The number of hydrogen-bond donors (Lipinski definition) is 4. The van der Waals surface area contributed by atoms with E-state index >= 15 is 0 Å². The minimum atomic E-state index is -4.35. The Morgan fingerprint density at radius 3 is 1.80 bits per heavy atom. The molecule has 11 heteroatoms. The van der Waals surface area contributed by atoms with Crippen LogP contribution in [0.15, 0.2) is 69.0 Å². The van der Waals surface area contributed by atoms with E-state index < -0.39 is 13.0 Å². The molecule has 0 aliphatic rings. The van der Waals surface area contributed by atoms with Crippen molar-refractivity contribution in [2.45, 2.75) is 40.5 Å². The van der Waals surface area contributed by atoms with E-state index in [1.807, 2.05) is 18.2 Å². The zero-order chi connectivity index (χ0) is 26.1. The zero-order valence-electron chi connectivity index (χ0n) is 20.3. The summed E-state index contributed by atoms with van der Waals surface area (Å²) >= 11 is 0. The number of nitrogens with zero attached hydrogens (tertiary/aromatic N) is 5. The molecule has 1 aromatic heterocycles. The number of aromatic nitrogens is 1. The molecule has 35 heavy (non-hydrogen) atoms. The average Bonchev–Trinajstić information content (AvgIpc) is 2.85. The smallest absolute Gasteiger partial charge is 0.356 e. The molecule has 0 fully saturated rings. The fourth-order valence-corrected chi connectivity index (χ4v) is 3.95. The van der Waals surface area contributed by atoms with Gasteiger partial charge in [-0.3, -0.25) is 19.5 Å². The number of aliphatic imine (C=N–C) groups is 2. The fourth-order valence-electron chi connectivity index (χ4n) is 3.41. The molecular formula is C24H32N5O5P. The van der Waals surface area contributed by atoms with Crippen LogP contribution in [0.5, 0.6) is 0 Å². The summed E-state index contributed by atoms with van der Waals surface area (Å²) in [6.45, 7) is 7.45. The number of benzene rings is 1. The average molecular weight is 502 g/mol. The van der Waals surface area contributed by atoms with Crippen LogP contribution in [0.25, 0.3) is 0 Å². The summed E-state index contributed by atoms with van der Waals surface area (Å²) in [5, 5.41) is 24.7. The van der Waals surface area contributed by atoms with E-state index in [1.54, 1.807) is 46.0 Å². The molecule has 0 bridgehead atoms. The van der Waals surface area contributed by atoms with Crippen molar-refractivity contribution in [1.29, 1.82) is 0 Å². The van der Waals surface area contributed by atoms with Crippen molar-refractivity contribution in [3.63, 3.8) is 0 Å². The van der Waals surface area contributed by atoms with Gasteiger partial charge in [0.05, 0.1) is 28.2 Å². The molecule has 0 aliphatic carbocycles. The van der Waals surface area contributed by atoms with E-state index in [1.165, 1.54) is 12.1 Å². The van der Waals surface area contributed by atoms with Crippen molar-refractivity contribution < 1.29 is 24.8 Å². The Labute approximate surface area is 205 Å². The summed E-state index contributed by atoms with van der Waals surface area (Å²) in [7, 11) is -4.35. The highest BCUT2D eigenvalue weighted by atomic mass is 31.2. The standard InChI is InChI=1S/C24H32N5O5P/c1-17(19(3)28-30)26-15-24(14-22-7-5-6-12-25-22,16-27-18(2)20(4)29-31)13-21-8-10-23(11-9-21)35(32,33)34/h5-12,30-31H,13-16H2,1-4H3,(H2,32,33,34)/b26-17?,27-18?,28-19+,29-20+. The fraction of sp³-hybridized carbons (Fsp3) is 0.375. The van der Waals surface area contributed by atoms with Gasteiger partial charge < -0.3 is 20.2 Å². The number of hydrogen-bond acceptors (Lipinski definition) is 8. The van der Waals surface area contributed by atoms with E-state index in [0.717, 1.165) is 11.3 Å². The topological polar surface area (TPSA) is 160 Å². The second-order valence-electron chi connectivity index (χ2n) is 8.56. The van der Waals surface area contributed by atoms with Crippen LogP contribution in [0.2, 0.25) is 0 Å². The Morgan fingerprint density at radius 2 is 1.37 bits per heavy atom. The Bertz CT molecular complexity index is 1120. The minimum absolute atomic E-state index is 0.0520. The second-order valence-corrected chi connectivity index (χ2v) is 10.2. The molecule has 2 rings (SSSR count). The predicted octanol–water partition coefficient (Wildman–Crippen LogP) is 3.28. The molecule has 4 N–H and O–H groups in total. The molecule has 10 nitrogen and oxygen atoms in total. The van der Waals surface area contributed by atoms with Gasteiger partial charge in [-0.25, -0.2) is 0 Å². The maximum absolute atomic E-state index is 11.6. The lowest BCUT2D eigenvalue weighted by Crippen LogP contribution is -2.35. The van der Waals surface area contributed by atoms with Crippen molar-refractivity contribution in [2.24, 2.45) is 25.7 Å². The van der Waals surface area contributed by atoms with Gasteiger partial charge in [0.15, 0.2) is 0 Å². The number of pyridine rings is 1. The third-order valence-electron chi connectivity index (χ3n) is 5.78. The van der Waals surface area contributed by atoms with Crippen LogP contribution in [0, 0.1) is 5.41 Å². The van der Waals surface area contributed by atoms with Crippen LogP contribution in [0.3, 0.4) is 0 Å². The molecule has 1 aromatic carbocycles. The van der Waals surface area contributed by atoms with Crippen molar-refractivity contribution in [1.82, 2.24) is 4.98 Å². The summed E-state index contributed by atoms with van der Waals surface area (Å²) in [5.74, 6) is 0. The molecule has 1 heterocycles. The quantitative estimate of drug-likeness (QED) is 0.160. The van der Waals surface area contributed by atoms with Gasteiger partial charge >= 0.3 is 7.60 Å². The maximum atomic E-state index is 11.6. The summed E-state index contributed by atoms with van der Waals surface area (Å²) < 4.78 is 11.6. The minimum Gasteiger partial charge on any atom is -0.411 e. The lowest BCUT2D eigenvalue weighted by Gasteiger charge is -2.31. The number of rotatable bonds is 11. The summed E-state index contributed by atoms with van der Waals surface area (Å²) in [5.41, 5.74) is 3.02. The van der Waals surface area contributed by atoms with Crippen molar-refractivity contribution in [2.75, 3.05) is 13.1 Å². The molecule has 2 aromatic rings. The summed E-state index contributed by atoms with van der Waals surface area (Å²) in [6.07, 6.45) is 2.69. The van der Waals surface area contributed by atoms with Gasteiger partial charge in [0.2, 0.25) is 0 Å². The maximum Gasteiger partial charge on any atom is 0.356 e. The van der Waals surface area contributed by atoms with Crippen LogP contribution >= 0.6 is 7.60 Å². The predicted molar refractivity (Wildman–Crippen MR) is 138 cm³/mol. The third kappa shape index (κ3) is 8.51. The van der Waals surface area contributed by atoms with Gasteiger partial charge in [-0.1, -0.05) is 28.5 Å². The normalized spacial score (nSPS) is 15.7. The lowest BCUT2D eigenvalue weighted by molar-refractivity contribution is 0.303. The molecule has 0 amide bonds. The lowest BCUT2D eigenvalue weighted by atomic mass is 9.77. The van der Waals surface area contributed by atoms with E-state index in [-0.39, 0.29) is 5.30 Å². The molecule has 188 valence electrons. The highest BCUT2D eigenvalue weighted by Gasteiger charge is 2.32. The van der Waals surface area contributed by atoms with Gasteiger partial charge in [-0.05, 0) is 70.4 Å². The first kappa shape index (κ1) is 28.0. The molecule has 0 spiro atoms. The Hall–Kier alpha value is -3.20. The molecule has 0 atom stereocenters. The third-order valence-corrected chi connectivity index (χ3v) is 6.76. The van der Waals surface area contributed by atoms with Crippen LogP contribution < -0.4 is 5.30 Å². The van der Waals surface area contributed by atoms with Crippen molar-refractivity contribution in [3.8, 4) is 0 Å².